The molecule has 1 saturated heterocycles. The lowest BCUT2D eigenvalue weighted by atomic mass is 9.94. The third-order valence-corrected chi connectivity index (χ3v) is 6.16. The largest absolute Gasteiger partial charge is 0.405 e. The summed E-state index contributed by atoms with van der Waals surface area (Å²) in [5, 5.41) is 4.77. The van der Waals surface area contributed by atoms with Crippen LogP contribution in [0.25, 0.3) is 0 Å². The zero-order chi connectivity index (χ0) is 22.4. The first kappa shape index (κ1) is 23.4. The molecule has 1 heterocycles. The van der Waals surface area contributed by atoms with Crippen LogP contribution in [0.5, 0.6) is 0 Å². The molecule has 1 saturated carbocycles. The summed E-state index contributed by atoms with van der Waals surface area (Å²) in [6, 6.07) is 6.71. The minimum absolute atomic E-state index is 0.333. The lowest BCUT2D eigenvalue weighted by Crippen LogP contribution is -2.49. The minimum Gasteiger partial charge on any atom is -0.345 e. The van der Waals surface area contributed by atoms with Crippen LogP contribution in [0.3, 0.4) is 0 Å². The molecular weight excluding hydrogens is 409 g/mol. The van der Waals surface area contributed by atoms with Gasteiger partial charge in [0.2, 0.25) is 5.91 Å². The normalized spacial score (nSPS) is 20.2. The number of nitrogens with zero attached hydrogens (tertiary/aromatic N) is 2. The molecule has 1 aromatic rings. The standard InChI is InChI=1S/C22H31F3N4O2/c1-28(17-9-3-2-4-10-17)14-16-8-5-6-11-18(16)27-21(31)29-13-7-12-19(29)20(30)26-15-22(23,24)25/h5-6,8,11,17,19H,2-4,7,9-10,12-15H2,1H3,(H,26,30)(H,27,31). The van der Waals surface area contributed by atoms with Crippen molar-refractivity contribution in [2.45, 2.75) is 69.8 Å². The second kappa shape index (κ2) is 10.3. The van der Waals surface area contributed by atoms with Crippen molar-refractivity contribution in [2.24, 2.45) is 0 Å². The number of alkyl halides is 3. The van der Waals surface area contributed by atoms with Crippen molar-refractivity contribution in [1.82, 2.24) is 15.1 Å². The molecule has 0 aromatic heterocycles. The third-order valence-electron chi connectivity index (χ3n) is 6.16. The highest BCUT2D eigenvalue weighted by atomic mass is 19.4. The summed E-state index contributed by atoms with van der Waals surface area (Å²) in [5.41, 5.74) is 1.64. The molecule has 3 amide bonds. The quantitative estimate of drug-likeness (QED) is 0.699. The average Bonchev–Trinajstić information content (AvgIpc) is 3.23. The van der Waals surface area contributed by atoms with Crippen molar-refractivity contribution in [3.05, 3.63) is 29.8 Å². The minimum atomic E-state index is -4.48. The number of halogens is 3. The predicted molar refractivity (Wildman–Crippen MR) is 113 cm³/mol. The highest BCUT2D eigenvalue weighted by molar-refractivity contribution is 5.94. The number of amides is 3. The molecular formula is C22H31F3N4O2. The Morgan fingerprint density at radius 1 is 1.10 bits per heavy atom. The fourth-order valence-corrected chi connectivity index (χ4v) is 4.47. The van der Waals surface area contributed by atoms with E-state index in [4.69, 9.17) is 0 Å². The van der Waals surface area contributed by atoms with Gasteiger partial charge in [0.05, 0.1) is 0 Å². The van der Waals surface area contributed by atoms with Crippen molar-refractivity contribution >= 4 is 17.6 Å². The maximum absolute atomic E-state index is 12.9. The zero-order valence-electron chi connectivity index (χ0n) is 17.9. The molecule has 6 nitrogen and oxygen atoms in total. The van der Waals surface area contributed by atoms with Gasteiger partial charge in [-0.25, -0.2) is 4.79 Å². The molecule has 31 heavy (non-hydrogen) atoms. The third kappa shape index (κ3) is 6.59. The van der Waals surface area contributed by atoms with Crippen molar-refractivity contribution in [3.63, 3.8) is 0 Å². The van der Waals surface area contributed by atoms with Crippen molar-refractivity contribution in [3.8, 4) is 0 Å². The smallest absolute Gasteiger partial charge is 0.345 e. The van der Waals surface area contributed by atoms with Crippen LogP contribution in [0.2, 0.25) is 0 Å². The van der Waals surface area contributed by atoms with Gasteiger partial charge in [0.1, 0.15) is 12.6 Å². The van der Waals surface area contributed by atoms with Gasteiger partial charge in [-0.2, -0.15) is 13.2 Å². The number of hydrogen-bond acceptors (Lipinski definition) is 3. The van der Waals surface area contributed by atoms with E-state index in [-0.39, 0.29) is 0 Å². The van der Waals surface area contributed by atoms with Crippen LogP contribution in [0.15, 0.2) is 24.3 Å². The van der Waals surface area contributed by atoms with E-state index in [1.54, 1.807) is 0 Å². The van der Waals surface area contributed by atoms with Crippen LogP contribution in [-0.2, 0) is 11.3 Å². The molecule has 1 unspecified atom stereocenters. The number of carbonyl (C=O) groups is 2. The Morgan fingerprint density at radius 2 is 1.81 bits per heavy atom. The summed E-state index contributed by atoms with van der Waals surface area (Å²) in [4.78, 5) is 28.7. The van der Waals surface area contributed by atoms with Crippen LogP contribution in [0.4, 0.5) is 23.7 Å². The number of para-hydroxylation sites is 1. The molecule has 2 fully saturated rings. The summed E-state index contributed by atoms with van der Waals surface area (Å²) in [6.45, 7) is -0.370. The van der Waals surface area contributed by atoms with E-state index in [0.717, 1.165) is 5.56 Å². The maximum Gasteiger partial charge on any atom is 0.405 e. The lowest BCUT2D eigenvalue weighted by molar-refractivity contribution is -0.140. The first-order valence-corrected chi connectivity index (χ1v) is 10.9. The second-order valence-electron chi connectivity index (χ2n) is 8.48. The molecule has 1 atom stereocenters. The molecule has 1 aromatic carbocycles. The van der Waals surface area contributed by atoms with Crippen LogP contribution in [-0.4, -0.2) is 60.1 Å². The van der Waals surface area contributed by atoms with Gasteiger partial charge in [0.25, 0.3) is 0 Å². The number of hydrogen-bond donors (Lipinski definition) is 2. The Kier molecular flexibility index (Phi) is 7.80. The van der Waals surface area contributed by atoms with Gasteiger partial charge in [-0.3, -0.25) is 9.69 Å². The number of urea groups is 1. The summed E-state index contributed by atoms with van der Waals surface area (Å²) in [6.07, 6.45) is 2.54. The van der Waals surface area contributed by atoms with Gasteiger partial charge in [-0.1, -0.05) is 37.5 Å². The Bertz CT molecular complexity index is 765. The average molecular weight is 441 g/mol. The fraction of sp³-hybridized carbons (Fsp3) is 0.636. The topological polar surface area (TPSA) is 64.7 Å². The molecule has 0 bridgehead atoms. The van der Waals surface area contributed by atoms with Crippen LogP contribution >= 0.6 is 0 Å². The molecule has 172 valence electrons. The van der Waals surface area contributed by atoms with Crippen molar-refractivity contribution < 1.29 is 22.8 Å². The fourth-order valence-electron chi connectivity index (χ4n) is 4.47. The Morgan fingerprint density at radius 3 is 2.52 bits per heavy atom. The predicted octanol–water partition coefficient (Wildman–Crippen LogP) is 4.13. The molecule has 0 radical (unpaired) electrons. The van der Waals surface area contributed by atoms with Crippen LogP contribution in [0, 0.1) is 0 Å². The summed E-state index contributed by atoms with van der Waals surface area (Å²) < 4.78 is 37.3. The molecule has 3 rings (SSSR count). The number of rotatable bonds is 6. The van der Waals surface area contributed by atoms with Crippen LogP contribution < -0.4 is 10.6 Å². The maximum atomic E-state index is 12.9. The highest BCUT2D eigenvalue weighted by Gasteiger charge is 2.36. The van der Waals surface area contributed by atoms with Crippen molar-refractivity contribution in [1.29, 1.82) is 0 Å². The van der Waals surface area contributed by atoms with Gasteiger partial charge in [-0.15, -0.1) is 0 Å². The lowest BCUT2D eigenvalue weighted by Gasteiger charge is -2.32. The van der Waals surface area contributed by atoms with Crippen LogP contribution in [0.1, 0.15) is 50.5 Å². The molecule has 1 aliphatic heterocycles. The van der Waals surface area contributed by atoms with E-state index in [1.165, 1.54) is 37.0 Å². The Balaban J connectivity index is 1.62. The van der Waals surface area contributed by atoms with Gasteiger partial charge in [0, 0.05) is 24.8 Å². The number of nitrogens with one attached hydrogen (secondary N) is 2. The van der Waals surface area contributed by atoms with E-state index in [9.17, 15) is 22.8 Å². The second-order valence-corrected chi connectivity index (χ2v) is 8.48. The van der Waals surface area contributed by atoms with Gasteiger partial charge in [0.15, 0.2) is 0 Å². The monoisotopic (exact) mass is 440 g/mol. The summed E-state index contributed by atoms with van der Waals surface area (Å²) in [7, 11) is 2.09. The van der Waals surface area contributed by atoms with E-state index in [0.29, 0.717) is 37.7 Å². The Hall–Kier alpha value is -2.29. The van der Waals surface area contributed by atoms with Gasteiger partial charge < -0.3 is 15.5 Å². The number of carbonyl (C=O) groups excluding carboxylic acids is 2. The SMILES string of the molecule is CN(Cc1ccccc1NC(=O)N1CCCC1C(=O)NCC(F)(F)F)C1CCCCC1. The molecule has 9 heteroatoms. The van der Waals surface area contributed by atoms with Gasteiger partial charge >= 0.3 is 12.2 Å². The first-order valence-electron chi connectivity index (χ1n) is 10.9. The van der Waals surface area contributed by atoms with E-state index in [2.05, 4.69) is 17.3 Å². The zero-order valence-corrected chi connectivity index (χ0v) is 17.9. The van der Waals surface area contributed by atoms with E-state index >= 15 is 0 Å². The molecule has 2 aliphatic rings. The highest BCUT2D eigenvalue weighted by Crippen LogP contribution is 2.26. The van der Waals surface area contributed by atoms with E-state index in [1.807, 2.05) is 29.6 Å². The number of benzene rings is 1. The molecule has 0 spiro atoms. The molecule has 1 aliphatic carbocycles. The number of likely N-dealkylation sites (tertiary alicyclic amines) is 1. The van der Waals surface area contributed by atoms with Crippen molar-refractivity contribution in [2.75, 3.05) is 25.5 Å². The van der Waals surface area contributed by atoms with Gasteiger partial charge in [-0.05, 0) is 44.4 Å². The van der Waals surface area contributed by atoms with E-state index < -0.39 is 30.7 Å². The Labute approximate surface area is 181 Å². The summed E-state index contributed by atoms with van der Waals surface area (Å²) >= 11 is 0. The molecule has 2 N–H and O–H groups in total. The number of anilines is 1. The summed E-state index contributed by atoms with van der Waals surface area (Å²) in [5.74, 6) is -0.768. The first-order chi connectivity index (χ1) is 14.7.